The van der Waals surface area contributed by atoms with Crippen molar-refractivity contribution >= 4 is 11.3 Å². The minimum Gasteiger partial charge on any atom is -0.496 e. The molecule has 0 radical (unpaired) electrons. The molecule has 19 heavy (non-hydrogen) atoms. The Morgan fingerprint density at radius 2 is 2.26 bits per heavy atom. The molecular formula is C13H20N4OS. The summed E-state index contributed by atoms with van der Waals surface area (Å²) in [6.45, 7) is 4.22. The van der Waals surface area contributed by atoms with Crippen LogP contribution in [0.15, 0.2) is 17.8 Å². The van der Waals surface area contributed by atoms with Crippen LogP contribution in [0.4, 0.5) is 0 Å². The molecule has 6 heteroatoms. The molecule has 1 unspecified atom stereocenters. The Balaban J connectivity index is 2.16. The number of nitrogens with one attached hydrogen (secondary N) is 1. The van der Waals surface area contributed by atoms with E-state index in [-0.39, 0.29) is 6.04 Å². The van der Waals surface area contributed by atoms with Crippen LogP contribution in [0.2, 0.25) is 0 Å². The molecule has 1 N–H and O–H groups in total. The maximum Gasteiger partial charge on any atom is 0.138 e. The van der Waals surface area contributed by atoms with Crippen LogP contribution in [0.5, 0.6) is 5.75 Å². The second kappa shape index (κ2) is 6.16. The Kier molecular flexibility index (Phi) is 4.55. The van der Waals surface area contributed by atoms with Crippen molar-refractivity contribution in [3.63, 3.8) is 0 Å². The predicted molar refractivity (Wildman–Crippen MR) is 76.8 cm³/mol. The largest absolute Gasteiger partial charge is 0.496 e. The Labute approximate surface area is 117 Å². The van der Waals surface area contributed by atoms with Crippen molar-refractivity contribution in [1.82, 2.24) is 20.1 Å². The topological polar surface area (TPSA) is 52.0 Å². The van der Waals surface area contributed by atoms with E-state index in [1.807, 2.05) is 17.1 Å². The predicted octanol–water partition coefficient (Wildman–Crippen LogP) is 2.43. The van der Waals surface area contributed by atoms with Crippen molar-refractivity contribution in [3.05, 3.63) is 28.5 Å². The lowest BCUT2D eigenvalue weighted by Crippen LogP contribution is -2.20. The van der Waals surface area contributed by atoms with Crippen molar-refractivity contribution < 1.29 is 4.74 Å². The van der Waals surface area contributed by atoms with Gasteiger partial charge in [0.25, 0.3) is 0 Å². The second-order valence-corrected chi connectivity index (χ2v) is 5.59. The first-order chi connectivity index (χ1) is 9.15. The molecule has 2 aromatic heterocycles. The zero-order valence-corrected chi connectivity index (χ0v) is 12.6. The van der Waals surface area contributed by atoms with Gasteiger partial charge >= 0.3 is 0 Å². The number of hydrogen-bond acceptors (Lipinski definition) is 5. The minimum absolute atomic E-state index is 0.232. The lowest BCUT2D eigenvalue weighted by Gasteiger charge is -2.16. The normalized spacial score (nSPS) is 12.9. The minimum atomic E-state index is 0.232. The van der Waals surface area contributed by atoms with Crippen molar-refractivity contribution in [3.8, 4) is 5.75 Å². The van der Waals surface area contributed by atoms with E-state index in [0.717, 1.165) is 18.0 Å². The molecule has 0 spiro atoms. The SMILES string of the molecule is CNC(Cc1ncnn1C(C)C)c1cc(OC)cs1. The molecule has 0 saturated carbocycles. The molecule has 0 bridgehead atoms. The van der Waals surface area contributed by atoms with E-state index in [9.17, 15) is 0 Å². The van der Waals surface area contributed by atoms with Crippen molar-refractivity contribution in [1.29, 1.82) is 0 Å². The van der Waals surface area contributed by atoms with Gasteiger partial charge in [-0.05, 0) is 27.0 Å². The van der Waals surface area contributed by atoms with Gasteiger partial charge in [-0.2, -0.15) is 5.10 Å². The zero-order valence-electron chi connectivity index (χ0n) is 11.8. The van der Waals surface area contributed by atoms with Crippen LogP contribution < -0.4 is 10.1 Å². The highest BCUT2D eigenvalue weighted by Gasteiger charge is 2.17. The van der Waals surface area contributed by atoms with Gasteiger partial charge in [-0.3, -0.25) is 0 Å². The number of thiophene rings is 1. The van der Waals surface area contributed by atoms with Crippen molar-refractivity contribution in [2.45, 2.75) is 32.4 Å². The Hall–Kier alpha value is -1.40. The van der Waals surface area contributed by atoms with Gasteiger partial charge < -0.3 is 10.1 Å². The fourth-order valence-electron chi connectivity index (χ4n) is 2.00. The maximum atomic E-state index is 5.24. The summed E-state index contributed by atoms with van der Waals surface area (Å²) in [4.78, 5) is 5.61. The van der Waals surface area contributed by atoms with Crippen LogP contribution in [0.1, 0.15) is 36.6 Å². The summed E-state index contributed by atoms with van der Waals surface area (Å²) < 4.78 is 7.20. The van der Waals surface area contributed by atoms with E-state index < -0.39 is 0 Å². The van der Waals surface area contributed by atoms with Gasteiger partial charge in [0.1, 0.15) is 17.9 Å². The summed E-state index contributed by atoms with van der Waals surface area (Å²) in [5.41, 5.74) is 0. The van der Waals surface area contributed by atoms with Crippen LogP contribution in [0, 0.1) is 0 Å². The van der Waals surface area contributed by atoms with Gasteiger partial charge in [-0.15, -0.1) is 11.3 Å². The summed E-state index contributed by atoms with van der Waals surface area (Å²) in [6.07, 6.45) is 2.44. The number of nitrogens with zero attached hydrogens (tertiary/aromatic N) is 3. The molecule has 104 valence electrons. The molecule has 2 rings (SSSR count). The number of ether oxygens (including phenoxy) is 1. The maximum absolute atomic E-state index is 5.24. The molecule has 0 aromatic carbocycles. The highest BCUT2D eigenvalue weighted by molar-refractivity contribution is 7.10. The average molecular weight is 280 g/mol. The Bertz CT molecular complexity index is 520. The van der Waals surface area contributed by atoms with E-state index >= 15 is 0 Å². The number of likely N-dealkylation sites (N-methyl/N-ethyl adjacent to an activating group) is 1. The molecule has 2 aromatic rings. The van der Waals surface area contributed by atoms with E-state index in [0.29, 0.717) is 6.04 Å². The monoisotopic (exact) mass is 280 g/mol. The van der Waals surface area contributed by atoms with Crippen molar-refractivity contribution in [2.24, 2.45) is 0 Å². The summed E-state index contributed by atoms with van der Waals surface area (Å²) in [5, 5.41) is 9.63. The van der Waals surface area contributed by atoms with Gasteiger partial charge in [0.15, 0.2) is 0 Å². The summed E-state index contributed by atoms with van der Waals surface area (Å²) in [6, 6.07) is 2.63. The third-order valence-electron chi connectivity index (χ3n) is 3.05. The number of aromatic nitrogens is 3. The number of rotatable bonds is 6. The van der Waals surface area contributed by atoms with Crippen LogP contribution >= 0.6 is 11.3 Å². The first-order valence-corrected chi connectivity index (χ1v) is 7.21. The standard InChI is InChI=1S/C13H20N4OS/c1-9(2)17-13(15-8-16-17)6-11(14-3)12-5-10(18-4)7-19-12/h5,7-9,11,14H,6H2,1-4H3. The molecule has 0 aliphatic carbocycles. The first kappa shape index (κ1) is 14.0. The average Bonchev–Trinajstić information content (AvgIpc) is 3.04. The first-order valence-electron chi connectivity index (χ1n) is 6.33. The number of methoxy groups -OCH3 is 1. The second-order valence-electron chi connectivity index (χ2n) is 4.65. The van der Waals surface area contributed by atoms with E-state index in [2.05, 4.69) is 35.3 Å². The fraction of sp³-hybridized carbons (Fsp3) is 0.538. The third kappa shape index (κ3) is 3.13. The van der Waals surface area contributed by atoms with E-state index in [1.54, 1.807) is 24.8 Å². The van der Waals surface area contributed by atoms with E-state index in [1.165, 1.54) is 4.88 Å². The summed E-state index contributed by atoms with van der Waals surface area (Å²) >= 11 is 1.70. The molecule has 1 atom stereocenters. The van der Waals surface area contributed by atoms with Gasteiger partial charge in [0.2, 0.25) is 0 Å². The van der Waals surface area contributed by atoms with Gasteiger partial charge in [-0.1, -0.05) is 0 Å². The Morgan fingerprint density at radius 3 is 2.84 bits per heavy atom. The fourth-order valence-corrected chi connectivity index (χ4v) is 2.97. The molecule has 5 nitrogen and oxygen atoms in total. The quantitative estimate of drug-likeness (QED) is 0.883. The molecule has 0 amide bonds. The molecule has 0 saturated heterocycles. The van der Waals surface area contributed by atoms with Crippen LogP contribution in [0.3, 0.4) is 0 Å². The highest BCUT2D eigenvalue weighted by atomic mass is 32.1. The lowest BCUT2D eigenvalue weighted by molar-refractivity contribution is 0.415. The molecule has 0 fully saturated rings. The van der Waals surface area contributed by atoms with Crippen LogP contribution in [-0.4, -0.2) is 28.9 Å². The molecule has 2 heterocycles. The molecule has 0 aliphatic heterocycles. The summed E-state index contributed by atoms with van der Waals surface area (Å²) in [5.74, 6) is 1.91. The van der Waals surface area contributed by atoms with Gasteiger partial charge in [-0.25, -0.2) is 9.67 Å². The van der Waals surface area contributed by atoms with Gasteiger partial charge in [0, 0.05) is 28.8 Å². The van der Waals surface area contributed by atoms with Crippen LogP contribution in [0.25, 0.3) is 0 Å². The molecule has 0 aliphatic rings. The van der Waals surface area contributed by atoms with Gasteiger partial charge in [0.05, 0.1) is 7.11 Å². The smallest absolute Gasteiger partial charge is 0.138 e. The number of hydrogen-bond donors (Lipinski definition) is 1. The Morgan fingerprint density at radius 1 is 1.47 bits per heavy atom. The van der Waals surface area contributed by atoms with E-state index in [4.69, 9.17) is 4.74 Å². The molecular weight excluding hydrogens is 260 g/mol. The summed E-state index contributed by atoms with van der Waals surface area (Å²) in [7, 11) is 3.66. The lowest BCUT2D eigenvalue weighted by atomic mass is 10.1. The highest BCUT2D eigenvalue weighted by Crippen LogP contribution is 2.28. The zero-order chi connectivity index (χ0) is 13.8. The van der Waals surface area contributed by atoms with Crippen LogP contribution in [-0.2, 0) is 6.42 Å². The third-order valence-corrected chi connectivity index (χ3v) is 4.07. The van der Waals surface area contributed by atoms with Crippen molar-refractivity contribution in [2.75, 3.05) is 14.2 Å².